The van der Waals surface area contributed by atoms with Crippen molar-refractivity contribution in [3.8, 4) is 17.2 Å². The van der Waals surface area contributed by atoms with Gasteiger partial charge in [-0.1, -0.05) is 12.1 Å². The van der Waals surface area contributed by atoms with E-state index in [1.165, 1.54) is 13.2 Å². The van der Waals surface area contributed by atoms with Gasteiger partial charge in [-0.15, -0.1) is 0 Å². The second-order valence-corrected chi connectivity index (χ2v) is 4.73. The molecule has 0 aliphatic heterocycles. The van der Waals surface area contributed by atoms with E-state index in [4.69, 9.17) is 9.47 Å². The van der Waals surface area contributed by atoms with Crippen LogP contribution in [0, 0.1) is 10.1 Å². The number of hydrogen-bond acceptors (Lipinski definition) is 7. The third kappa shape index (κ3) is 4.93. The smallest absolute Gasteiger partial charge is 0.277 e. The number of methoxy groups -OCH3 is 1. The first-order chi connectivity index (χ1) is 12.0. The van der Waals surface area contributed by atoms with Gasteiger partial charge in [-0.25, -0.2) is 5.43 Å². The Morgan fingerprint density at radius 3 is 2.72 bits per heavy atom. The van der Waals surface area contributed by atoms with Crippen molar-refractivity contribution < 1.29 is 24.3 Å². The van der Waals surface area contributed by atoms with Crippen LogP contribution in [0.1, 0.15) is 5.56 Å². The number of hydrogen-bond donors (Lipinski definition) is 2. The zero-order valence-electron chi connectivity index (χ0n) is 13.2. The molecule has 0 aliphatic carbocycles. The minimum absolute atomic E-state index is 0.0974. The van der Waals surface area contributed by atoms with E-state index >= 15 is 0 Å². The summed E-state index contributed by atoms with van der Waals surface area (Å²) >= 11 is 0. The van der Waals surface area contributed by atoms with Crippen LogP contribution in [0.3, 0.4) is 0 Å². The molecule has 2 N–H and O–H groups in total. The van der Waals surface area contributed by atoms with Crippen LogP contribution >= 0.6 is 0 Å². The molecule has 1 amide bonds. The Morgan fingerprint density at radius 2 is 2.04 bits per heavy atom. The molecule has 0 saturated heterocycles. The quantitative estimate of drug-likeness (QED) is 0.448. The summed E-state index contributed by atoms with van der Waals surface area (Å²) in [4.78, 5) is 21.8. The molecule has 0 heterocycles. The maximum atomic E-state index is 11.7. The van der Waals surface area contributed by atoms with Gasteiger partial charge >= 0.3 is 0 Å². The molecular formula is C16H15N3O6. The van der Waals surface area contributed by atoms with Gasteiger partial charge in [-0.3, -0.25) is 14.9 Å². The van der Waals surface area contributed by atoms with E-state index in [2.05, 4.69) is 10.5 Å². The third-order valence-electron chi connectivity index (χ3n) is 3.04. The number of phenolic OH excluding ortho intramolecular Hbond substituents is 1. The zero-order chi connectivity index (χ0) is 18.2. The van der Waals surface area contributed by atoms with Crippen LogP contribution in [0.25, 0.3) is 0 Å². The van der Waals surface area contributed by atoms with Gasteiger partial charge in [0.25, 0.3) is 11.6 Å². The first kappa shape index (κ1) is 17.7. The number of phenols is 1. The van der Waals surface area contributed by atoms with Gasteiger partial charge in [-0.2, -0.15) is 5.10 Å². The first-order valence-corrected chi connectivity index (χ1v) is 7.06. The Labute approximate surface area is 142 Å². The number of ether oxygens (including phenoxy) is 2. The number of hydrazone groups is 1. The average molecular weight is 345 g/mol. The number of rotatable bonds is 7. The lowest BCUT2D eigenvalue weighted by atomic mass is 10.2. The van der Waals surface area contributed by atoms with E-state index in [-0.39, 0.29) is 23.6 Å². The first-order valence-electron chi connectivity index (χ1n) is 7.06. The van der Waals surface area contributed by atoms with Crippen molar-refractivity contribution in [2.24, 2.45) is 5.10 Å². The van der Waals surface area contributed by atoms with Crippen LogP contribution in [-0.4, -0.2) is 35.9 Å². The zero-order valence-corrected chi connectivity index (χ0v) is 13.2. The predicted octanol–water partition coefficient (Wildman–Crippen LogP) is 1.84. The van der Waals surface area contributed by atoms with E-state index in [0.717, 1.165) is 18.3 Å². The minimum atomic E-state index is -0.601. The molecule has 9 heteroatoms. The number of non-ortho nitro benzene ring substituents is 1. The number of benzene rings is 2. The Kier molecular flexibility index (Phi) is 5.88. The highest BCUT2D eigenvalue weighted by atomic mass is 16.6. The summed E-state index contributed by atoms with van der Waals surface area (Å²) in [7, 11) is 1.48. The summed E-state index contributed by atoms with van der Waals surface area (Å²) in [6.07, 6.45) is 1.10. The Balaban J connectivity index is 1.92. The molecule has 25 heavy (non-hydrogen) atoms. The van der Waals surface area contributed by atoms with Gasteiger partial charge in [0.2, 0.25) is 0 Å². The van der Waals surface area contributed by atoms with Crippen LogP contribution in [0.15, 0.2) is 47.6 Å². The number of nitrogens with one attached hydrogen (secondary N) is 1. The molecule has 2 aromatic rings. The molecule has 2 rings (SSSR count). The van der Waals surface area contributed by atoms with E-state index in [1.54, 1.807) is 24.3 Å². The highest BCUT2D eigenvalue weighted by Gasteiger charge is 2.09. The second-order valence-electron chi connectivity index (χ2n) is 4.73. The summed E-state index contributed by atoms with van der Waals surface area (Å²) in [6.45, 7) is -0.307. The lowest BCUT2D eigenvalue weighted by Crippen LogP contribution is -2.24. The van der Waals surface area contributed by atoms with Gasteiger partial charge in [0.15, 0.2) is 18.1 Å². The van der Waals surface area contributed by atoms with Crippen molar-refractivity contribution in [2.75, 3.05) is 13.7 Å². The van der Waals surface area contributed by atoms with E-state index in [1.807, 2.05) is 0 Å². The number of carbonyl (C=O) groups is 1. The lowest BCUT2D eigenvalue weighted by Gasteiger charge is -2.09. The molecule has 0 unspecified atom stereocenters. The molecule has 2 aromatic carbocycles. The average Bonchev–Trinajstić information content (AvgIpc) is 2.61. The van der Waals surface area contributed by atoms with Crippen LogP contribution < -0.4 is 14.9 Å². The fourth-order valence-electron chi connectivity index (χ4n) is 1.85. The Hall–Kier alpha value is -3.62. The normalized spacial score (nSPS) is 10.4. The van der Waals surface area contributed by atoms with Crippen molar-refractivity contribution in [1.82, 2.24) is 5.43 Å². The van der Waals surface area contributed by atoms with Crippen molar-refractivity contribution >= 4 is 17.8 Å². The van der Waals surface area contributed by atoms with Crippen molar-refractivity contribution in [3.63, 3.8) is 0 Å². The number of para-hydroxylation sites is 2. The second kappa shape index (κ2) is 8.29. The van der Waals surface area contributed by atoms with Crippen molar-refractivity contribution in [1.29, 1.82) is 0 Å². The minimum Gasteiger partial charge on any atom is -0.507 e. The standard InChI is InChI=1S/C16H15N3O6/c1-24-14-4-2-3-5-15(14)25-10-16(21)18-17-9-11-8-12(19(22)23)6-7-13(11)20/h2-9,20H,10H2,1H3,(H,18,21)/b17-9-. The van der Waals surface area contributed by atoms with E-state index in [0.29, 0.717) is 11.5 Å². The number of carbonyl (C=O) groups excluding carboxylic acids is 1. The molecule has 0 bridgehead atoms. The van der Waals surface area contributed by atoms with Gasteiger partial charge < -0.3 is 14.6 Å². The van der Waals surface area contributed by atoms with Gasteiger partial charge in [0, 0.05) is 17.7 Å². The Morgan fingerprint density at radius 1 is 1.32 bits per heavy atom. The number of aromatic hydroxyl groups is 1. The monoisotopic (exact) mass is 345 g/mol. The largest absolute Gasteiger partial charge is 0.507 e. The fourth-order valence-corrected chi connectivity index (χ4v) is 1.85. The predicted molar refractivity (Wildman–Crippen MR) is 89.0 cm³/mol. The molecule has 130 valence electrons. The van der Waals surface area contributed by atoms with Crippen molar-refractivity contribution in [2.45, 2.75) is 0 Å². The highest BCUT2D eigenvalue weighted by molar-refractivity contribution is 5.86. The summed E-state index contributed by atoms with van der Waals surface area (Å²) in [5.41, 5.74) is 2.09. The number of nitrogens with zero attached hydrogens (tertiary/aromatic N) is 2. The fraction of sp³-hybridized carbons (Fsp3) is 0.125. The molecule has 0 aliphatic rings. The summed E-state index contributed by atoms with van der Waals surface area (Å²) in [5.74, 6) is 0.140. The summed E-state index contributed by atoms with van der Waals surface area (Å²) in [6, 6.07) is 10.3. The van der Waals surface area contributed by atoms with E-state index < -0.39 is 10.8 Å². The molecule has 0 atom stereocenters. The highest BCUT2D eigenvalue weighted by Crippen LogP contribution is 2.25. The van der Waals surface area contributed by atoms with Gasteiger partial charge in [0.05, 0.1) is 18.2 Å². The molecule has 0 fully saturated rings. The Bertz CT molecular complexity index is 806. The maximum absolute atomic E-state index is 11.7. The SMILES string of the molecule is COc1ccccc1OCC(=O)N/N=C\c1cc([N+](=O)[O-])ccc1O. The van der Waals surface area contributed by atoms with Gasteiger partial charge in [0.1, 0.15) is 5.75 Å². The van der Waals surface area contributed by atoms with Crippen molar-refractivity contribution in [3.05, 3.63) is 58.1 Å². The summed E-state index contributed by atoms with van der Waals surface area (Å²) in [5, 5.41) is 24.0. The molecule has 0 spiro atoms. The number of amides is 1. The number of nitro benzene ring substituents is 1. The van der Waals surface area contributed by atoms with Crippen LogP contribution in [0.4, 0.5) is 5.69 Å². The molecular weight excluding hydrogens is 330 g/mol. The van der Waals surface area contributed by atoms with Crippen LogP contribution in [0.2, 0.25) is 0 Å². The van der Waals surface area contributed by atoms with Crippen LogP contribution in [0.5, 0.6) is 17.2 Å². The van der Waals surface area contributed by atoms with Gasteiger partial charge in [-0.05, 0) is 18.2 Å². The third-order valence-corrected chi connectivity index (χ3v) is 3.04. The molecule has 0 aromatic heterocycles. The molecule has 9 nitrogen and oxygen atoms in total. The molecule has 0 saturated carbocycles. The summed E-state index contributed by atoms with van der Waals surface area (Å²) < 4.78 is 10.4. The molecule has 0 radical (unpaired) electrons. The van der Waals surface area contributed by atoms with E-state index in [9.17, 15) is 20.0 Å². The lowest BCUT2D eigenvalue weighted by molar-refractivity contribution is -0.384. The maximum Gasteiger partial charge on any atom is 0.277 e. The van der Waals surface area contributed by atoms with Crippen LogP contribution in [-0.2, 0) is 4.79 Å². The number of nitro groups is 1. The topological polar surface area (TPSA) is 123 Å².